The highest BCUT2D eigenvalue weighted by Crippen LogP contribution is 2.33. The fourth-order valence-corrected chi connectivity index (χ4v) is 4.74. The molecule has 4 rings (SSSR count). The van der Waals surface area contributed by atoms with E-state index in [1.165, 1.54) is 18.9 Å². The first kappa shape index (κ1) is 23.2. The second-order valence-corrected chi connectivity index (χ2v) is 9.12. The topological polar surface area (TPSA) is 106 Å². The summed E-state index contributed by atoms with van der Waals surface area (Å²) in [7, 11) is 4.31. The Morgan fingerprint density at radius 2 is 1.97 bits per heavy atom. The van der Waals surface area contributed by atoms with Crippen LogP contribution in [0.3, 0.4) is 0 Å². The van der Waals surface area contributed by atoms with E-state index < -0.39 is 11.8 Å². The monoisotopic (exact) mass is 452 g/mol. The van der Waals surface area contributed by atoms with E-state index in [0.29, 0.717) is 23.6 Å². The molecule has 0 bridgehead atoms. The van der Waals surface area contributed by atoms with Crippen molar-refractivity contribution in [2.75, 3.05) is 40.3 Å². The molecule has 2 aliphatic rings. The van der Waals surface area contributed by atoms with Crippen molar-refractivity contribution in [3.63, 3.8) is 0 Å². The number of fused-ring (bicyclic) bond motifs is 1. The first-order chi connectivity index (χ1) is 15.8. The van der Waals surface area contributed by atoms with Crippen LogP contribution in [0.5, 0.6) is 11.5 Å². The van der Waals surface area contributed by atoms with Gasteiger partial charge in [0.2, 0.25) is 11.8 Å². The molecule has 8 heteroatoms. The summed E-state index contributed by atoms with van der Waals surface area (Å²) in [5, 5.41) is 22.9. The van der Waals surface area contributed by atoms with Crippen LogP contribution in [-0.4, -0.2) is 78.8 Å². The molecule has 2 amide bonds. The number of phenols is 1. The van der Waals surface area contributed by atoms with Gasteiger partial charge in [-0.25, -0.2) is 0 Å². The van der Waals surface area contributed by atoms with Crippen LogP contribution in [0.4, 0.5) is 0 Å². The maximum atomic E-state index is 12.2. The van der Waals surface area contributed by atoms with Crippen LogP contribution in [0.15, 0.2) is 30.3 Å². The summed E-state index contributed by atoms with van der Waals surface area (Å²) in [6.07, 6.45) is 2.81. The zero-order valence-corrected chi connectivity index (χ0v) is 19.3. The Morgan fingerprint density at radius 1 is 1.21 bits per heavy atom. The molecule has 33 heavy (non-hydrogen) atoms. The van der Waals surface area contributed by atoms with Crippen LogP contribution in [0.2, 0.25) is 0 Å². The van der Waals surface area contributed by atoms with E-state index in [2.05, 4.69) is 29.2 Å². The minimum atomic E-state index is -0.759. The highest BCUT2D eigenvalue weighted by atomic mass is 16.5. The number of imide groups is 1. The van der Waals surface area contributed by atoms with Gasteiger partial charge in [0.15, 0.2) is 0 Å². The van der Waals surface area contributed by atoms with Gasteiger partial charge in [-0.15, -0.1) is 0 Å². The highest BCUT2D eigenvalue weighted by Gasteiger charge is 2.32. The molecule has 1 unspecified atom stereocenters. The number of amides is 2. The third-order valence-corrected chi connectivity index (χ3v) is 6.85. The normalized spacial score (nSPS) is 20.3. The maximum absolute atomic E-state index is 12.2. The van der Waals surface area contributed by atoms with Crippen molar-refractivity contribution in [2.45, 2.75) is 31.7 Å². The first-order valence-corrected chi connectivity index (χ1v) is 11.5. The molecule has 8 nitrogen and oxygen atoms in total. The summed E-state index contributed by atoms with van der Waals surface area (Å²) in [5.74, 6) is -0.893. The molecule has 2 heterocycles. The molecule has 2 fully saturated rings. The molecule has 176 valence electrons. The van der Waals surface area contributed by atoms with Gasteiger partial charge in [0.25, 0.3) is 0 Å². The maximum Gasteiger partial charge on any atom is 0.235 e. The number of benzene rings is 2. The summed E-state index contributed by atoms with van der Waals surface area (Å²) in [6, 6.07) is 9.45. The smallest absolute Gasteiger partial charge is 0.235 e. The van der Waals surface area contributed by atoms with Gasteiger partial charge in [0.05, 0.1) is 11.6 Å². The van der Waals surface area contributed by atoms with Gasteiger partial charge >= 0.3 is 0 Å². The second-order valence-electron chi connectivity index (χ2n) is 9.12. The van der Waals surface area contributed by atoms with Crippen molar-refractivity contribution >= 4 is 28.3 Å². The fourth-order valence-electron chi connectivity index (χ4n) is 4.74. The average Bonchev–Trinajstić information content (AvgIpc) is 2.79. The summed E-state index contributed by atoms with van der Waals surface area (Å²) in [4.78, 5) is 28.4. The van der Waals surface area contributed by atoms with Crippen LogP contribution in [0.1, 0.15) is 31.2 Å². The number of ether oxygens (including phenoxy) is 1. The zero-order valence-electron chi connectivity index (χ0n) is 19.3. The number of likely N-dealkylation sites (tertiary alicyclic amines) is 1. The van der Waals surface area contributed by atoms with E-state index in [1.807, 2.05) is 18.2 Å². The predicted molar refractivity (Wildman–Crippen MR) is 127 cm³/mol. The number of carbonyl (C=O) groups is 2. The van der Waals surface area contributed by atoms with Crippen molar-refractivity contribution in [1.82, 2.24) is 15.1 Å². The molecule has 0 aliphatic carbocycles. The van der Waals surface area contributed by atoms with E-state index in [1.54, 1.807) is 6.07 Å². The van der Waals surface area contributed by atoms with Crippen molar-refractivity contribution in [3.8, 4) is 11.5 Å². The molecule has 2 aromatic rings. The summed E-state index contributed by atoms with van der Waals surface area (Å²) in [6.45, 7) is 3.67. The van der Waals surface area contributed by atoms with E-state index in [-0.39, 0.29) is 30.2 Å². The molecule has 2 saturated heterocycles. The molecule has 2 aliphatic heterocycles. The number of rotatable bonds is 7. The number of likely N-dealkylation sites (N-methyl/N-ethyl adjacent to an activating group) is 1. The Labute approximate surface area is 194 Å². The highest BCUT2D eigenvalue weighted by molar-refractivity contribution is 6.21. The molecular formula is C25H32N4O4. The van der Waals surface area contributed by atoms with Crippen molar-refractivity contribution < 1.29 is 19.4 Å². The SMILES string of the molecule is CN1CCC(N(C)CCOc2ccc3c(C(=N)C4CCC(=O)NC4=O)c(O)ccc3c2)CC1. The quantitative estimate of drug-likeness (QED) is 0.440. The van der Waals surface area contributed by atoms with Crippen molar-refractivity contribution in [3.05, 3.63) is 35.9 Å². The standard InChI is InChI=1S/C25H32N4O4/c1-28-11-9-17(10-12-28)29(2)13-14-33-18-4-5-19-16(15-18)3-7-21(30)23(19)24(26)20-6-8-22(31)27-25(20)32/h3-5,7,15,17,20,26,30H,6,8-14H2,1-2H3,(H,27,31,32). The molecule has 0 spiro atoms. The van der Waals surface area contributed by atoms with Crippen LogP contribution >= 0.6 is 0 Å². The lowest BCUT2D eigenvalue weighted by atomic mass is 9.86. The van der Waals surface area contributed by atoms with Crippen LogP contribution in [0, 0.1) is 11.3 Å². The Kier molecular flexibility index (Phi) is 6.95. The Bertz CT molecular complexity index is 1060. The molecular weight excluding hydrogens is 420 g/mol. The van der Waals surface area contributed by atoms with Gasteiger partial charge in [-0.05, 0) is 81.5 Å². The van der Waals surface area contributed by atoms with Gasteiger partial charge in [0.1, 0.15) is 18.1 Å². The number of hydrogen-bond acceptors (Lipinski definition) is 7. The van der Waals surface area contributed by atoms with E-state index >= 15 is 0 Å². The number of piperidine rings is 2. The average molecular weight is 453 g/mol. The summed E-state index contributed by atoms with van der Waals surface area (Å²) >= 11 is 0. The van der Waals surface area contributed by atoms with Gasteiger partial charge < -0.3 is 20.2 Å². The number of nitrogens with zero attached hydrogens (tertiary/aromatic N) is 2. The molecule has 0 saturated carbocycles. The van der Waals surface area contributed by atoms with E-state index in [0.717, 1.165) is 30.8 Å². The molecule has 0 radical (unpaired) electrons. The predicted octanol–water partition coefficient (Wildman–Crippen LogP) is 2.37. The molecule has 0 aromatic heterocycles. The van der Waals surface area contributed by atoms with E-state index in [9.17, 15) is 14.7 Å². The lowest BCUT2D eigenvalue weighted by molar-refractivity contribution is -0.134. The fraction of sp³-hybridized carbons (Fsp3) is 0.480. The molecule has 3 N–H and O–H groups in total. The Morgan fingerprint density at radius 3 is 2.70 bits per heavy atom. The molecule has 2 aromatic carbocycles. The number of nitrogens with one attached hydrogen (secondary N) is 2. The third kappa shape index (κ3) is 5.17. The minimum absolute atomic E-state index is 0.0246. The van der Waals surface area contributed by atoms with Crippen LogP contribution in [-0.2, 0) is 9.59 Å². The van der Waals surface area contributed by atoms with E-state index in [4.69, 9.17) is 10.1 Å². The minimum Gasteiger partial charge on any atom is -0.507 e. The lowest BCUT2D eigenvalue weighted by Crippen LogP contribution is -2.43. The van der Waals surface area contributed by atoms with Crippen molar-refractivity contribution in [2.24, 2.45) is 5.92 Å². The lowest BCUT2D eigenvalue weighted by Gasteiger charge is -2.35. The van der Waals surface area contributed by atoms with Gasteiger partial charge in [0, 0.05) is 24.6 Å². The second kappa shape index (κ2) is 9.89. The van der Waals surface area contributed by atoms with Gasteiger partial charge in [-0.2, -0.15) is 0 Å². The number of hydrogen-bond donors (Lipinski definition) is 3. The van der Waals surface area contributed by atoms with Crippen LogP contribution < -0.4 is 10.1 Å². The zero-order chi connectivity index (χ0) is 23.5. The first-order valence-electron chi connectivity index (χ1n) is 11.5. The van der Waals surface area contributed by atoms with Crippen LogP contribution in [0.25, 0.3) is 10.8 Å². The summed E-state index contributed by atoms with van der Waals surface area (Å²) < 4.78 is 6.00. The van der Waals surface area contributed by atoms with Gasteiger partial charge in [-0.3, -0.25) is 19.8 Å². The summed E-state index contributed by atoms with van der Waals surface area (Å²) in [5.41, 5.74) is 0.354. The van der Waals surface area contributed by atoms with Crippen molar-refractivity contribution in [1.29, 1.82) is 5.41 Å². The number of aromatic hydroxyl groups is 1. The largest absolute Gasteiger partial charge is 0.507 e. The molecule has 1 atom stereocenters. The third-order valence-electron chi connectivity index (χ3n) is 6.85. The Hall–Kier alpha value is -2.97. The number of phenolic OH excluding ortho intramolecular Hbond substituents is 1. The Balaban J connectivity index is 1.44. The number of carbonyl (C=O) groups excluding carboxylic acids is 2. The van der Waals surface area contributed by atoms with Gasteiger partial charge in [-0.1, -0.05) is 6.07 Å².